The highest BCUT2D eigenvalue weighted by atomic mass is 32.1. The Morgan fingerprint density at radius 1 is 0.448 bits per heavy atom. The summed E-state index contributed by atoms with van der Waals surface area (Å²) in [6.07, 6.45) is 0. The molecule has 0 atom stereocenters. The number of benzene rings is 9. The molecule has 0 unspecified atom stereocenters. The Morgan fingerprint density at radius 3 is 1.95 bits per heavy atom. The molecule has 0 aliphatic carbocycles. The molecule has 11 aromatic rings. The highest BCUT2D eigenvalue weighted by Gasteiger charge is 2.20. The van der Waals surface area contributed by atoms with Gasteiger partial charge in [0.1, 0.15) is 0 Å². The van der Waals surface area contributed by atoms with Gasteiger partial charge >= 0.3 is 0 Å². The van der Waals surface area contributed by atoms with Crippen molar-refractivity contribution in [3.05, 3.63) is 212 Å². The molecule has 0 N–H and O–H groups in total. The number of rotatable bonds is 7. The molecule has 0 amide bonds. The second kappa shape index (κ2) is 14.3. The summed E-state index contributed by atoms with van der Waals surface area (Å²) < 4.78 is 135. The molecule has 58 heavy (non-hydrogen) atoms. The Bertz CT molecular complexity index is 4140. The van der Waals surface area contributed by atoms with Crippen LogP contribution in [0.25, 0.3) is 86.7 Å². The Balaban J connectivity index is 1.21. The largest absolute Gasteiger partial charge is 0.310 e. The third kappa shape index (κ3) is 5.99. The molecule has 0 bridgehead atoms. The van der Waals surface area contributed by atoms with E-state index in [4.69, 9.17) is 25.0 Å². The first-order chi connectivity index (χ1) is 35.0. The van der Waals surface area contributed by atoms with Gasteiger partial charge in [-0.3, -0.25) is 0 Å². The topological polar surface area (TPSA) is 29.0 Å². The van der Waals surface area contributed by atoms with Gasteiger partial charge in [0, 0.05) is 53.6 Å². The van der Waals surface area contributed by atoms with Gasteiger partial charge in [0.2, 0.25) is 0 Å². The lowest BCUT2D eigenvalue weighted by Crippen LogP contribution is -2.11. The SMILES string of the molecule is [2H]c1c([2H])c([2H])c(-c2c([2H])c([2H])c([2H])c([2H])c2N(c2cccc(-c3ccc4ccc5nc(-c6ccccc6)c(-c6ccccc6)nc5c4c3)c2)c2cc([2H])c3sc4c([2H])c([2H])c([2H])c([2H])c4c3c2[2H])c([2H])c1[2H]. The van der Waals surface area contributed by atoms with Crippen LogP contribution in [0, 0.1) is 0 Å². The van der Waals surface area contributed by atoms with E-state index < -0.39 is 89.3 Å². The molecule has 2 aromatic heterocycles. The molecule has 3 nitrogen and oxygen atoms in total. The van der Waals surface area contributed by atoms with Gasteiger partial charge in [-0.15, -0.1) is 11.3 Å². The summed E-state index contributed by atoms with van der Waals surface area (Å²) in [7, 11) is 0. The van der Waals surface area contributed by atoms with Crippen LogP contribution in [0.15, 0.2) is 212 Å². The number of hydrogen-bond acceptors (Lipinski definition) is 4. The van der Waals surface area contributed by atoms with Crippen molar-refractivity contribution in [1.82, 2.24) is 9.97 Å². The van der Waals surface area contributed by atoms with Gasteiger partial charge in [-0.1, -0.05) is 157 Å². The molecule has 0 saturated carbocycles. The molecule has 4 heteroatoms. The fourth-order valence-electron chi connectivity index (χ4n) is 7.31. The first-order valence-corrected chi connectivity index (χ1v) is 19.2. The van der Waals surface area contributed by atoms with E-state index in [2.05, 4.69) is 0 Å². The molecule has 0 saturated heterocycles. The maximum absolute atomic E-state index is 9.93. The summed E-state index contributed by atoms with van der Waals surface area (Å²) in [5, 5.41) is 1.62. The van der Waals surface area contributed by atoms with Gasteiger partial charge in [0.05, 0.1) is 48.7 Å². The normalized spacial score (nSPS) is 15.1. The Hall–Kier alpha value is -7.40. The summed E-state index contributed by atoms with van der Waals surface area (Å²) in [4.78, 5) is 11.8. The van der Waals surface area contributed by atoms with E-state index in [-0.39, 0.29) is 49.7 Å². The first kappa shape index (κ1) is 21.8. The summed E-state index contributed by atoms with van der Waals surface area (Å²) in [5.41, 5.74) is 4.30. The zero-order chi connectivity index (χ0) is 51.5. The van der Waals surface area contributed by atoms with E-state index in [1.165, 1.54) is 11.0 Å². The molecule has 9 aromatic carbocycles. The molecule has 0 aliphatic heterocycles. The molecule has 272 valence electrons. The van der Waals surface area contributed by atoms with Gasteiger partial charge < -0.3 is 4.90 Å². The summed E-state index contributed by atoms with van der Waals surface area (Å²) in [6, 6.07) is 28.4. The zero-order valence-electron chi connectivity index (χ0n) is 45.3. The number of anilines is 3. The highest BCUT2D eigenvalue weighted by Crippen LogP contribution is 2.45. The van der Waals surface area contributed by atoms with Crippen molar-refractivity contribution in [2.75, 3.05) is 4.90 Å². The number of aromatic nitrogens is 2. The minimum atomic E-state index is -0.760. The molecule has 0 spiro atoms. The van der Waals surface area contributed by atoms with E-state index in [0.717, 1.165) is 33.2 Å². The van der Waals surface area contributed by atoms with Crippen molar-refractivity contribution in [2.45, 2.75) is 0 Å². The van der Waals surface area contributed by atoms with Crippen LogP contribution in [0.3, 0.4) is 0 Å². The van der Waals surface area contributed by atoms with Crippen molar-refractivity contribution in [2.24, 2.45) is 0 Å². The summed E-state index contributed by atoms with van der Waals surface area (Å²) >= 11 is 0.920. The lowest BCUT2D eigenvalue weighted by Gasteiger charge is -2.28. The van der Waals surface area contributed by atoms with Crippen molar-refractivity contribution in [3.63, 3.8) is 0 Å². The Kier molecular flexibility index (Phi) is 5.36. The van der Waals surface area contributed by atoms with E-state index in [1.807, 2.05) is 97.1 Å². The van der Waals surface area contributed by atoms with Crippen LogP contribution in [-0.4, -0.2) is 9.97 Å². The van der Waals surface area contributed by atoms with Crippen molar-refractivity contribution in [3.8, 4) is 44.8 Å². The van der Waals surface area contributed by atoms with Crippen LogP contribution in [0.5, 0.6) is 0 Å². The molecule has 2 heterocycles. The van der Waals surface area contributed by atoms with Gasteiger partial charge in [-0.05, 0) is 76.6 Å². The second-order valence-electron chi connectivity index (χ2n) is 13.4. The minimum Gasteiger partial charge on any atom is -0.310 e. The molecule has 11 rings (SSSR count). The smallest absolute Gasteiger partial charge is 0.0973 e. The average molecular weight is 773 g/mol. The molecule has 0 radical (unpaired) electrons. The van der Waals surface area contributed by atoms with Crippen molar-refractivity contribution >= 4 is 70.4 Å². The number of thiophene rings is 1. The lowest BCUT2D eigenvalue weighted by molar-refractivity contribution is 1.29. The van der Waals surface area contributed by atoms with Crippen LogP contribution in [0.4, 0.5) is 17.1 Å². The monoisotopic (exact) mass is 772 g/mol. The maximum Gasteiger partial charge on any atom is 0.0973 e. The lowest BCUT2D eigenvalue weighted by atomic mass is 9.98. The van der Waals surface area contributed by atoms with Crippen LogP contribution in [0.2, 0.25) is 0 Å². The van der Waals surface area contributed by atoms with Gasteiger partial charge in [-0.25, -0.2) is 9.97 Å². The summed E-state index contributed by atoms with van der Waals surface area (Å²) in [6.45, 7) is 0. The quantitative estimate of drug-likeness (QED) is 0.151. The number of nitrogens with zero attached hydrogens (tertiary/aromatic N) is 3. The Labute approximate surface area is 361 Å². The fraction of sp³-hybridized carbons (Fsp3) is 0. The van der Waals surface area contributed by atoms with Gasteiger partial charge in [0.15, 0.2) is 0 Å². The molecule has 0 aliphatic rings. The van der Waals surface area contributed by atoms with E-state index in [1.54, 1.807) is 18.2 Å². The number of para-hydroxylation sites is 1. The Morgan fingerprint density at radius 2 is 1.12 bits per heavy atom. The van der Waals surface area contributed by atoms with Crippen LogP contribution in [-0.2, 0) is 0 Å². The van der Waals surface area contributed by atoms with E-state index in [9.17, 15) is 5.48 Å². The number of hydrogen-bond donors (Lipinski definition) is 0. The van der Waals surface area contributed by atoms with E-state index in [0.29, 0.717) is 33.5 Å². The van der Waals surface area contributed by atoms with Gasteiger partial charge in [0.25, 0.3) is 0 Å². The zero-order valence-corrected chi connectivity index (χ0v) is 31.1. The van der Waals surface area contributed by atoms with Crippen LogP contribution >= 0.6 is 11.3 Å². The standard InChI is InChI=1S/C54H35N3S/c1-4-15-36(16-5-1)44-23-10-12-25-49(44)57(43-30-32-51-47(35-43)45-24-11-13-26-50(45)58-51)42-22-14-21-40(33-42)41-28-27-37-29-31-48-54(46(37)34-41)56-53(39-19-8-3-9-20-39)52(55-48)38-17-6-2-7-18-38/h1-35H/i1D,4D,5D,10D,11D,12D,13D,15D,16D,23D,24D,25D,26D,32D,35D. The van der Waals surface area contributed by atoms with Crippen LogP contribution in [0.1, 0.15) is 20.6 Å². The maximum atomic E-state index is 9.93. The van der Waals surface area contributed by atoms with Crippen molar-refractivity contribution in [1.29, 1.82) is 0 Å². The minimum absolute atomic E-state index is 0.00587. The molecular formula is C54H35N3S. The predicted molar refractivity (Wildman–Crippen MR) is 246 cm³/mol. The first-order valence-electron chi connectivity index (χ1n) is 25.8. The van der Waals surface area contributed by atoms with Crippen molar-refractivity contribution < 1.29 is 20.6 Å². The fourth-order valence-corrected chi connectivity index (χ4v) is 8.25. The summed E-state index contributed by atoms with van der Waals surface area (Å²) in [5.74, 6) is 0. The van der Waals surface area contributed by atoms with Gasteiger partial charge in [-0.2, -0.15) is 0 Å². The van der Waals surface area contributed by atoms with E-state index >= 15 is 0 Å². The average Bonchev–Trinajstić information content (AvgIpc) is 3.84. The van der Waals surface area contributed by atoms with Crippen LogP contribution < -0.4 is 4.90 Å². The second-order valence-corrected chi connectivity index (χ2v) is 14.5. The third-order valence-electron chi connectivity index (χ3n) is 9.99. The number of fused-ring (bicyclic) bond motifs is 6. The molecule has 0 fully saturated rings. The highest BCUT2D eigenvalue weighted by molar-refractivity contribution is 7.25. The predicted octanol–water partition coefficient (Wildman–Crippen LogP) is 15.3. The third-order valence-corrected chi connectivity index (χ3v) is 11.0. The molecular weight excluding hydrogens is 723 g/mol.